The van der Waals surface area contributed by atoms with E-state index in [0.29, 0.717) is 30.2 Å². The monoisotopic (exact) mass is 378 g/mol. The second-order valence-electron chi connectivity index (χ2n) is 6.88. The first-order valence-electron chi connectivity index (χ1n) is 9.18. The average molecular weight is 378 g/mol. The van der Waals surface area contributed by atoms with Gasteiger partial charge in [0.15, 0.2) is 11.2 Å². The van der Waals surface area contributed by atoms with E-state index in [4.69, 9.17) is 0 Å². The minimum atomic E-state index is -0.377. The van der Waals surface area contributed by atoms with E-state index in [2.05, 4.69) is 10.1 Å². The number of imidazole rings is 1. The SMILES string of the molecule is C/C=C\Cn1c(=O)c2c(nc3n2CC(C)=NN3Cc2ccccc2)n(C)c1=O. The zero-order valence-electron chi connectivity index (χ0n) is 16.2. The van der Waals surface area contributed by atoms with Gasteiger partial charge >= 0.3 is 5.69 Å². The van der Waals surface area contributed by atoms with Gasteiger partial charge in [0.2, 0.25) is 5.95 Å². The quantitative estimate of drug-likeness (QED) is 0.650. The number of rotatable bonds is 4. The van der Waals surface area contributed by atoms with E-state index in [0.717, 1.165) is 11.3 Å². The molecule has 0 radical (unpaired) electrons. The highest BCUT2D eigenvalue weighted by Gasteiger charge is 2.26. The molecule has 1 aliphatic heterocycles. The summed E-state index contributed by atoms with van der Waals surface area (Å²) in [4.78, 5) is 30.4. The molecule has 0 amide bonds. The van der Waals surface area contributed by atoms with Crippen molar-refractivity contribution in [2.75, 3.05) is 5.01 Å². The van der Waals surface area contributed by atoms with Crippen LogP contribution in [0.5, 0.6) is 0 Å². The van der Waals surface area contributed by atoms with Gasteiger partial charge in [-0.2, -0.15) is 10.1 Å². The first kappa shape index (κ1) is 18.0. The fourth-order valence-corrected chi connectivity index (χ4v) is 3.45. The Morgan fingerprint density at radius 2 is 1.93 bits per heavy atom. The summed E-state index contributed by atoms with van der Waals surface area (Å²) in [5.41, 5.74) is 2.05. The van der Waals surface area contributed by atoms with Crippen LogP contribution in [0.1, 0.15) is 19.4 Å². The normalized spacial score (nSPS) is 14.0. The summed E-state index contributed by atoms with van der Waals surface area (Å²) >= 11 is 0. The molecule has 28 heavy (non-hydrogen) atoms. The third-order valence-electron chi connectivity index (χ3n) is 4.82. The maximum absolute atomic E-state index is 13.1. The zero-order chi connectivity index (χ0) is 19.8. The number of aromatic nitrogens is 4. The smallest absolute Gasteiger partial charge is 0.297 e. The summed E-state index contributed by atoms with van der Waals surface area (Å²) in [6.07, 6.45) is 3.61. The van der Waals surface area contributed by atoms with Gasteiger partial charge in [0.05, 0.1) is 18.8 Å². The Kier molecular flexibility index (Phi) is 4.46. The number of hydrogen-bond acceptors (Lipinski definition) is 5. The molecule has 144 valence electrons. The second kappa shape index (κ2) is 6.95. The number of hydrazone groups is 1. The highest BCUT2D eigenvalue weighted by atomic mass is 16.2. The zero-order valence-corrected chi connectivity index (χ0v) is 16.2. The van der Waals surface area contributed by atoms with Crippen LogP contribution in [0.25, 0.3) is 11.2 Å². The average Bonchev–Trinajstić information content (AvgIpc) is 3.07. The third kappa shape index (κ3) is 2.87. The number of fused-ring (bicyclic) bond motifs is 3. The first-order chi connectivity index (χ1) is 13.5. The number of aryl methyl sites for hydroxylation is 1. The van der Waals surface area contributed by atoms with E-state index >= 15 is 0 Å². The Balaban J connectivity index is 1.92. The van der Waals surface area contributed by atoms with Crippen LogP contribution in [-0.4, -0.2) is 24.4 Å². The summed E-state index contributed by atoms with van der Waals surface area (Å²) in [6.45, 7) is 5.01. The van der Waals surface area contributed by atoms with Crippen LogP contribution in [-0.2, 0) is 26.7 Å². The Morgan fingerprint density at radius 3 is 2.64 bits per heavy atom. The van der Waals surface area contributed by atoms with Crippen molar-refractivity contribution >= 4 is 22.8 Å². The summed E-state index contributed by atoms with van der Waals surface area (Å²) in [5, 5.41) is 6.41. The van der Waals surface area contributed by atoms with E-state index in [-0.39, 0.29) is 17.8 Å². The molecular weight excluding hydrogens is 356 g/mol. The van der Waals surface area contributed by atoms with E-state index < -0.39 is 0 Å². The molecule has 3 aromatic rings. The minimum absolute atomic E-state index is 0.235. The lowest BCUT2D eigenvalue weighted by Crippen LogP contribution is -2.39. The van der Waals surface area contributed by atoms with Gasteiger partial charge in [-0.3, -0.25) is 18.5 Å². The minimum Gasteiger partial charge on any atom is -0.297 e. The maximum Gasteiger partial charge on any atom is 0.332 e. The van der Waals surface area contributed by atoms with Gasteiger partial charge < -0.3 is 0 Å². The number of nitrogens with zero attached hydrogens (tertiary/aromatic N) is 6. The van der Waals surface area contributed by atoms with E-state index in [1.165, 1.54) is 9.13 Å². The topological polar surface area (TPSA) is 77.4 Å². The Bertz CT molecular complexity index is 1210. The fourth-order valence-electron chi connectivity index (χ4n) is 3.45. The second-order valence-corrected chi connectivity index (χ2v) is 6.88. The van der Waals surface area contributed by atoms with Crippen molar-refractivity contribution in [2.45, 2.75) is 33.5 Å². The van der Waals surface area contributed by atoms with Crippen LogP contribution >= 0.6 is 0 Å². The van der Waals surface area contributed by atoms with Gasteiger partial charge in [0.25, 0.3) is 5.56 Å². The van der Waals surface area contributed by atoms with E-state index in [1.54, 1.807) is 18.1 Å². The number of benzene rings is 1. The Hall–Kier alpha value is -3.42. The van der Waals surface area contributed by atoms with Crippen molar-refractivity contribution in [1.82, 2.24) is 18.7 Å². The summed E-state index contributed by atoms with van der Waals surface area (Å²) in [6, 6.07) is 9.95. The van der Waals surface area contributed by atoms with Gasteiger partial charge in [-0.25, -0.2) is 9.80 Å². The summed E-state index contributed by atoms with van der Waals surface area (Å²) in [7, 11) is 1.64. The first-order valence-corrected chi connectivity index (χ1v) is 9.18. The van der Waals surface area contributed by atoms with Crippen LogP contribution in [0.2, 0.25) is 0 Å². The molecule has 2 aromatic heterocycles. The standard InChI is InChI=1S/C20H22N6O2/c1-4-5-11-24-18(27)16-17(23(3)20(24)28)21-19-25(16)12-14(2)22-26(19)13-15-9-7-6-8-10-15/h4-10H,11-13H2,1-3H3/b5-4-. The molecule has 0 fully saturated rings. The fraction of sp³-hybridized carbons (Fsp3) is 0.300. The lowest BCUT2D eigenvalue weighted by Gasteiger charge is -2.24. The molecule has 0 atom stereocenters. The number of allylic oxidation sites excluding steroid dienone is 2. The molecule has 0 bridgehead atoms. The van der Waals surface area contributed by atoms with E-state index in [1.807, 2.05) is 54.8 Å². The molecule has 0 saturated carbocycles. The van der Waals surface area contributed by atoms with Crippen LogP contribution in [0.15, 0.2) is 57.2 Å². The molecule has 4 rings (SSSR count). The molecule has 0 unspecified atom stereocenters. The van der Waals surface area contributed by atoms with Crippen LogP contribution in [0, 0.1) is 0 Å². The van der Waals surface area contributed by atoms with Gasteiger partial charge in [-0.1, -0.05) is 42.5 Å². The summed E-state index contributed by atoms with van der Waals surface area (Å²) in [5.74, 6) is 0.570. The molecule has 1 aromatic carbocycles. The Morgan fingerprint density at radius 1 is 1.18 bits per heavy atom. The molecule has 0 N–H and O–H groups in total. The highest BCUT2D eigenvalue weighted by Crippen LogP contribution is 2.25. The number of hydrogen-bond donors (Lipinski definition) is 0. The molecular formula is C20H22N6O2. The molecule has 8 heteroatoms. The highest BCUT2D eigenvalue weighted by molar-refractivity contribution is 5.87. The largest absolute Gasteiger partial charge is 0.332 e. The predicted octanol–water partition coefficient (Wildman–Crippen LogP) is 1.87. The van der Waals surface area contributed by atoms with Crippen LogP contribution < -0.4 is 16.3 Å². The lowest BCUT2D eigenvalue weighted by atomic mass is 10.2. The molecule has 0 spiro atoms. The molecule has 0 saturated heterocycles. The van der Waals surface area contributed by atoms with Crippen molar-refractivity contribution in [2.24, 2.45) is 12.1 Å². The van der Waals surface area contributed by atoms with Crippen molar-refractivity contribution in [3.63, 3.8) is 0 Å². The van der Waals surface area contributed by atoms with Gasteiger partial charge in [0.1, 0.15) is 0 Å². The molecule has 1 aliphatic rings. The van der Waals surface area contributed by atoms with Gasteiger partial charge in [0, 0.05) is 13.6 Å². The van der Waals surface area contributed by atoms with Crippen molar-refractivity contribution in [3.8, 4) is 0 Å². The summed E-state index contributed by atoms with van der Waals surface area (Å²) < 4.78 is 4.52. The maximum atomic E-state index is 13.1. The van der Waals surface area contributed by atoms with Crippen molar-refractivity contribution in [3.05, 3.63) is 68.9 Å². The number of anilines is 1. The van der Waals surface area contributed by atoms with Crippen LogP contribution in [0.4, 0.5) is 5.95 Å². The molecule has 0 aliphatic carbocycles. The van der Waals surface area contributed by atoms with Crippen LogP contribution in [0.3, 0.4) is 0 Å². The van der Waals surface area contributed by atoms with Crippen molar-refractivity contribution < 1.29 is 0 Å². The van der Waals surface area contributed by atoms with Crippen molar-refractivity contribution in [1.29, 1.82) is 0 Å². The lowest BCUT2D eigenvalue weighted by molar-refractivity contribution is 0.662. The predicted molar refractivity (Wildman–Crippen MR) is 110 cm³/mol. The molecule has 3 heterocycles. The van der Waals surface area contributed by atoms with Gasteiger partial charge in [-0.05, 0) is 19.4 Å². The Labute approximate surface area is 161 Å². The van der Waals surface area contributed by atoms with E-state index in [9.17, 15) is 9.59 Å². The third-order valence-corrected chi connectivity index (χ3v) is 4.82. The van der Waals surface area contributed by atoms with Gasteiger partial charge in [-0.15, -0.1) is 0 Å². The molecule has 8 nitrogen and oxygen atoms in total.